The molecule has 0 fully saturated rings. The Kier molecular flexibility index (Phi) is 5.67. The van der Waals surface area contributed by atoms with Gasteiger partial charge in [0.1, 0.15) is 0 Å². The summed E-state index contributed by atoms with van der Waals surface area (Å²) in [7, 11) is -3.74. The number of rotatable bonds is 7. The summed E-state index contributed by atoms with van der Waals surface area (Å²) in [6.45, 7) is 2.81. The van der Waals surface area contributed by atoms with Crippen molar-refractivity contribution in [2.24, 2.45) is 0 Å². The van der Waals surface area contributed by atoms with Crippen molar-refractivity contribution in [2.45, 2.75) is 24.9 Å². The zero-order valence-electron chi connectivity index (χ0n) is 16.2. The molecule has 0 saturated carbocycles. The van der Waals surface area contributed by atoms with E-state index in [-0.39, 0.29) is 17.0 Å². The molecule has 0 atom stereocenters. The van der Waals surface area contributed by atoms with Crippen LogP contribution in [-0.4, -0.2) is 23.9 Å². The first kappa shape index (κ1) is 20.3. The first-order valence-electron chi connectivity index (χ1n) is 9.36. The molecule has 0 spiro atoms. The van der Waals surface area contributed by atoms with Crippen molar-refractivity contribution in [1.29, 1.82) is 0 Å². The molecule has 154 valence electrons. The molecule has 1 amide bonds. The minimum atomic E-state index is -3.74. The van der Waals surface area contributed by atoms with Gasteiger partial charge in [0.25, 0.3) is 5.91 Å². The van der Waals surface area contributed by atoms with Crippen molar-refractivity contribution in [3.05, 3.63) is 76.5 Å². The Labute approximate surface area is 178 Å². The van der Waals surface area contributed by atoms with Crippen LogP contribution in [0.4, 0.5) is 5.95 Å². The maximum absolute atomic E-state index is 12.8. The van der Waals surface area contributed by atoms with Crippen LogP contribution in [0.1, 0.15) is 22.2 Å². The number of para-hydroxylation sites is 2. The second-order valence-corrected chi connectivity index (χ2v) is 9.35. The molecule has 30 heavy (non-hydrogen) atoms. The lowest BCUT2D eigenvalue weighted by Crippen LogP contribution is -2.23. The van der Waals surface area contributed by atoms with Gasteiger partial charge in [-0.15, -0.1) is 11.3 Å². The Bertz CT molecular complexity index is 1300. The van der Waals surface area contributed by atoms with E-state index in [0.29, 0.717) is 12.5 Å². The predicted molar refractivity (Wildman–Crippen MR) is 118 cm³/mol. The average molecular weight is 441 g/mol. The van der Waals surface area contributed by atoms with Gasteiger partial charge in [-0.1, -0.05) is 24.3 Å². The van der Waals surface area contributed by atoms with Gasteiger partial charge in [0.15, 0.2) is 0 Å². The van der Waals surface area contributed by atoms with Gasteiger partial charge in [0, 0.05) is 23.5 Å². The third-order valence-electron chi connectivity index (χ3n) is 4.62. The second kappa shape index (κ2) is 8.39. The summed E-state index contributed by atoms with van der Waals surface area (Å²) in [6, 6.07) is 17.3. The molecule has 2 N–H and O–H groups in total. The zero-order chi connectivity index (χ0) is 21.1. The number of nitrogens with one attached hydrogen (secondary N) is 2. The molecule has 2 aromatic heterocycles. The number of aromatic nitrogens is 2. The average Bonchev–Trinajstić information content (AvgIpc) is 3.39. The van der Waals surface area contributed by atoms with Crippen LogP contribution in [-0.2, 0) is 23.1 Å². The number of hydrogen-bond donors (Lipinski definition) is 2. The standard InChI is InChI=1S/C21H20N4O3S2/c1-2-25-19-11-4-3-10-18(19)23-21(25)24-20(26)15-7-5-9-17(13-15)30(27,28)22-14-16-8-6-12-29-16/h3-13,22H,2,14H2,1H3,(H,23,24,26). The maximum atomic E-state index is 12.8. The fourth-order valence-corrected chi connectivity index (χ4v) is 4.92. The highest BCUT2D eigenvalue weighted by Gasteiger charge is 2.18. The quantitative estimate of drug-likeness (QED) is 0.457. The Hall–Kier alpha value is -3.01. The minimum absolute atomic E-state index is 0.0377. The van der Waals surface area contributed by atoms with Crippen LogP contribution >= 0.6 is 11.3 Å². The number of imidazole rings is 1. The lowest BCUT2D eigenvalue weighted by Gasteiger charge is -2.09. The van der Waals surface area contributed by atoms with Crippen LogP contribution < -0.4 is 10.0 Å². The normalized spacial score (nSPS) is 11.6. The summed E-state index contributed by atoms with van der Waals surface area (Å²) < 4.78 is 29.7. The van der Waals surface area contributed by atoms with Crippen molar-refractivity contribution in [2.75, 3.05) is 5.32 Å². The molecule has 0 radical (unpaired) electrons. The van der Waals surface area contributed by atoms with E-state index in [9.17, 15) is 13.2 Å². The van der Waals surface area contributed by atoms with E-state index in [1.807, 2.05) is 53.3 Å². The van der Waals surface area contributed by atoms with Gasteiger partial charge >= 0.3 is 0 Å². The zero-order valence-corrected chi connectivity index (χ0v) is 17.8. The van der Waals surface area contributed by atoms with Crippen LogP contribution in [0.15, 0.2) is 70.9 Å². The number of aryl methyl sites for hydroxylation is 1. The third kappa shape index (κ3) is 4.13. The molecule has 0 saturated heterocycles. The highest BCUT2D eigenvalue weighted by atomic mass is 32.2. The molecule has 0 aliphatic heterocycles. The lowest BCUT2D eigenvalue weighted by atomic mass is 10.2. The molecule has 0 aliphatic carbocycles. The number of carbonyl (C=O) groups is 1. The molecule has 2 aromatic carbocycles. The van der Waals surface area contributed by atoms with Crippen molar-refractivity contribution in [3.8, 4) is 0 Å². The van der Waals surface area contributed by atoms with Crippen molar-refractivity contribution < 1.29 is 13.2 Å². The summed E-state index contributed by atoms with van der Waals surface area (Å²) in [6.07, 6.45) is 0. The van der Waals surface area contributed by atoms with E-state index < -0.39 is 15.9 Å². The summed E-state index contributed by atoms with van der Waals surface area (Å²) in [5.74, 6) is 0.00286. The van der Waals surface area contributed by atoms with E-state index >= 15 is 0 Å². The SMILES string of the molecule is CCn1c(NC(=O)c2cccc(S(=O)(=O)NCc3cccs3)c2)nc2ccccc21. The van der Waals surface area contributed by atoms with Gasteiger partial charge in [-0.25, -0.2) is 18.1 Å². The molecule has 9 heteroatoms. The number of sulfonamides is 1. The van der Waals surface area contributed by atoms with Gasteiger partial charge in [0.05, 0.1) is 15.9 Å². The number of thiophene rings is 1. The number of carbonyl (C=O) groups excluding carboxylic acids is 1. The fourth-order valence-electron chi connectivity index (χ4n) is 3.13. The van der Waals surface area contributed by atoms with Gasteiger partial charge in [0.2, 0.25) is 16.0 Å². The summed E-state index contributed by atoms with van der Waals surface area (Å²) in [4.78, 5) is 18.2. The van der Waals surface area contributed by atoms with Crippen LogP contribution in [0.5, 0.6) is 0 Å². The third-order valence-corrected chi connectivity index (χ3v) is 6.89. The van der Waals surface area contributed by atoms with E-state index in [1.165, 1.54) is 23.5 Å². The molecule has 2 heterocycles. The molecule has 7 nitrogen and oxygen atoms in total. The Balaban J connectivity index is 1.56. The first-order valence-corrected chi connectivity index (χ1v) is 11.7. The minimum Gasteiger partial charge on any atom is -0.310 e. The summed E-state index contributed by atoms with van der Waals surface area (Å²) in [5.41, 5.74) is 1.94. The number of amides is 1. The molecule has 0 unspecified atom stereocenters. The highest BCUT2D eigenvalue weighted by molar-refractivity contribution is 7.89. The number of anilines is 1. The smallest absolute Gasteiger partial charge is 0.258 e. The number of benzene rings is 2. The second-order valence-electron chi connectivity index (χ2n) is 6.55. The van der Waals surface area contributed by atoms with Gasteiger partial charge in [-0.3, -0.25) is 10.1 Å². The van der Waals surface area contributed by atoms with Crippen molar-refractivity contribution >= 4 is 44.2 Å². The number of nitrogens with zero attached hydrogens (tertiary/aromatic N) is 2. The van der Waals surface area contributed by atoms with Crippen LogP contribution in [0.2, 0.25) is 0 Å². The largest absolute Gasteiger partial charge is 0.310 e. The maximum Gasteiger partial charge on any atom is 0.258 e. The highest BCUT2D eigenvalue weighted by Crippen LogP contribution is 2.20. The van der Waals surface area contributed by atoms with Crippen LogP contribution in [0.25, 0.3) is 11.0 Å². The predicted octanol–water partition coefficient (Wildman–Crippen LogP) is 3.85. The topological polar surface area (TPSA) is 93.1 Å². The van der Waals surface area contributed by atoms with Crippen LogP contribution in [0, 0.1) is 0 Å². The van der Waals surface area contributed by atoms with Gasteiger partial charge in [-0.05, 0) is 48.7 Å². The van der Waals surface area contributed by atoms with E-state index in [0.717, 1.165) is 15.9 Å². The molecule has 4 rings (SSSR count). The lowest BCUT2D eigenvalue weighted by molar-refractivity contribution is 0.102. The van der Waals surface area contributed by atoms with Gasteiger partial charge < -0.3 is 4.57 Å². The molecule has 0 aliphatic rings. The van der Waals surface area contributed by atoms with E-state index in [4.69, 9.17) is 0 Å². The van der Waals surface area contributed by atoms with Crippen molar-refractivity contribution in [1.82, 2.24) is 14.3 Å². The van der Waals surface area contributed by atoms with E-state index in [2.05, 4.69) is 15.0 Å². The summed E-state index contributed by atoms with van der Waals surface area (Å²) >= 11 is 1.47. The molecule has 0 bridgehead atoms. The Morgan fingerprint density at radius 1 is 1.10 bits per heavy atom. The fraction of sp³-hybridized carbons (Fsp3) is 0.143. The monoisotopic (exact) mass is 440 g/mol. The van der Waals surface area contributed by atoms with Crippen LogP contribution in [0.3, 0.4) is 0 Å². The van der Waals surface area contributed by atoms with E-state index in [1.54, 1.807) is 12.1 Å². The summed E-state index contributed by atoms with van der Waals surface area (Å²) in [5, 5.41) is 4.69. The van der Waals surface area contributed by atoms with Crippen molar-refractivity contribution in [3.63, 3.8) is 0 Å². The molecule has 4 aromatic rings. The van der Waals surface area contributed by atoms with Gasteiger partial charge in [-0.2, -0.15) is 0 Å². The molecular formula is C21H20N4O3S2. The number of fused-ring (bicyclic) bond motifs is 1. The Morgan fingerprint density at radius 2 is 1.93 bits per heavy atom. The molecular weight excluding hydrogens is 420 g/mol. The Morgan fingerprint density at radius 3 is 2.70 bits per heavy atom. The first-order chi connectivity index (χ1) is 14.5. The number of hydrogen-bond acceptors (Lipinski definition) is 5.